The number of fused-ring (bicyclic) bond motifs is 1. The molecule has 20 heavy (non-hydrogen) atoms. The Kier molecular flexibility index (Phi) is 3.11. The van der Waals surface area contributed by atoms with Gasteiger partial charge in [0.25, 0.3) is 0 Å². The molecule has 3 nitrogen and oxygen atoms in total. The summed E-state index contributed by atoms with van der Waals surface area (Å²) in [5, 5.41) is 4.91. The van der Waals surface area contributed by atoms with Gasteiger partial charge in [0.2, 0.25) is 12.0 Å². The molecule has 0 spiro atoms. The zero-order chi connectivity index (χ0) is 14.4. The molecule has 2 heterocycles. The van der Waals surface area contributed by atoms with Crippen LogP contribution in [-0.4, -0.2) is 9.78 Å². The third-order valence-electron chi connectivity index (χ3n) is 2.84. The summed E-state index contributed by atoms with van der Waals surface area (Å²) in [4.78, 5) is 0. The van der Waals surface area contributed by atoms with Gasteiger partial charge in [0, 0.05) is 6.20 Å². The lowest BCUT2D eigenvalue weighted by atomic mass is 10.3. The topological polar surface area (TPSA) is 21.7 Å². The Morgan fingerprint density at radius 2 is 1.80 bits per heavy atom. The van der Waals surface area contributed by atoms with E-state index in [0.717, 1.165) is 12.1 Å². The normalized spacial score (nSPS) is 11.2. The lowest BCUT2D eigenvalue weighted by Gasteiger charge is -2.06. The number of rotatable bonds is 1. The van der Waals surface area contributed by atoms with E-state index in [0.29, 0.717) is 11.1 Å². The summed E-state index contributed by atoms with van der Waals surface area (Å²) in [5.41, 5.74) is 0.507. The van der Waals surface area contributed by atoms with Gasteiger partial charge in [-0.2, -0.15) is 9.49 Å². The summed E-state index contributed by atoms with van der Waals surface area (Å²) in [6.45, 7) is 0. The molecule has 102 valence electrons. The lowest BCUT2D eigenvalue weighted by Crippen LogP contribution is -2.27. The van der Waals surface area contributed by atoms with Crippen LogP contribution in [0, 0.1) is 11.6 Å². The average Bonchev–Trinajstić information content (AvgIpc) is 2.71. The van der Waals surface area contributed by atoms with E-state index in [1.54, 1.807) is 24.0 Å². The van der Waals surface area contributed by atoms with Crippen LogP contribution in [0.1, 0.15) is 0 Å². The second-order valence-corrected chi connectivity index (χ2v) is 5.18. The summed E-state index contributed by atoms with van der Waals surface area (Å²) < 4.78 is 29.9. The van der Waals surface area contributed by atoms with E-state index in [1.807, 2.05) is 0 Å². The molecule has 0 aliphatic carbocycles. The Bertz CT molecular complexity index is 807. The minimum absolute atomic E-state index is 0.104. The highest BCUT2D eigenvalue weighted by Crippen LogP contribution is 2.30. The number of pyridine rings is 1. The van der Waals surface area contributed by atoms with E-state index in [2.05, 4.69) is 5.10 Å². The van der Waals surface area contributed by atoms with Gasteiger partial charge in [-0.05, 0) is 12.1 Å². The van der Waals surface area contributed by atoms with Crippen molar-refractivity contribution in [1.82, 2.24) is 9.78 Å². The second-order valence-electron chi connectivity index (χ2n) is 4.37. The Morgan fingerprint density at radius 1 is 1.15 bits per heavy atom. The molecule has 0 atom stereocenters. The van der Waals surface area contributed by atoms with Crippen LogP contribution < -0.4 is 4.57 Å². The van der Waals surface area contributed by atoms with E-state index in [1.165, 1.54) is 10.9 Å². The molecule has 0 amide bonds. The van der Waals surface area contributed by atoms with Gasteiger partial charge in [0.15, 0.2) is 6.20 Å². The number of aryl methyl sites for hydroxylation is 1. The molecular weight excluding hydrogens is 307 g/mol. The zero-order valence-electron chi connectivity index (χ0n) is 10.2. The number of aromatic nitrogens is 3. The van der Waals surface area contributed by atoms with Gasteiger partial charge in [-0.3, -0.25) is 0 Å². The molecule has 0 unspecified atom stereocenters. The van der Waals surface area contributed by atoms with Crippen molar-refractivity contribution < 1.29 is 13.3 Å². The largest absolute Gasteiger partial charge is 0.236 e. The first-order chi connectivity index (χ1) is 9.45. The van der Waals surface area contributed by atoms with Gasteiger partial charge in [0.05, 0.1) is 15.4 Å². The molecule has 0 saturated carbocycles. The van der Waals surface area contributed by atoms with Crippen LogP contribution in [0.4, 0.5) is 8.78 Å². The maximum Gasteiger partial charge on any atom is 0.214 e. The molecule has 0 N–H and O–H groups in total. The van der Waals surface area contributed by atoms with Crippen LogP contribution in [0.5, 0.6) is 0 Å². The van der Waals surface area contributed by atoms with Gasteiger partial charge in [-0.25, -0.2) is 13.6 Å². The Labute approximate surface area is 123 Å². The average molecular weight is 315 g/mol. The van der Waals surface area contributed by atoms with Gasteiger partial charge in [-0.1, -0.05) is 23.2 Å². The summed E-state index contributed by atoms with van der Waals surface area (Å²) in [6.07, 6.45) is 4.62. The van der Waals surface area contributed by atoms with Gasteiger partial charge < -0.3 is 0 Å². The first-order valence-electron chi connectivity index (χ1n) is 5.65. The van der Waals surface area contributed by atoms with Crippen LogP contribution in [0.2, 0.25) is 10.0 Å². The molecule has 3 aromatic rings. The van der Waals surface area contributed by atoms with E-state index in [9.17, 15) is 8.78 Å². The van der Waals surface area contributed by atoms with Crippen LogP contribution in [0.3, 0.4) is 0 Å². The van der Waals surface area contributed by atoms with E-state index < -0.39 is 11.6 Å². The molecule has 0 radical (unpaired) electrons. The quantitative estimate of drug-likeness (QED) is 0.631. The highest BCUT2D eigenvalue weighted by Gasteiger charge is 2.16. The van der Waals surface area contributed by atoms with Crippen molar-refractivity contribution in [2.45, 2.75) is 0 Å². The molecule has 0 aliphatic heterocycles. The Morgan fingerprint density at radius 3 is 2.45 bits per heavy atom. The van der Waals surface area contributed by atoms with Crippen molar-refractivity contribution in [3.05, 3.63) is 52.4 Å². The Hall–Kier alpha value is -1.72. The lowest BCUT2D eigenvalue weighted by molar-refractivity contribution is -0.671. The van der Waals surface area contributed by atoms with Gasteiger partial charge >= 0.3 is 0 Å². The van der Waals surface area contributed by atoms with Crippen molar-refractivity contribution >= 4 is 34.1 Å². The van der Waals surface area contributed by atoms with Crippen LogP contribution in [-0.2, 0) is 7.05 Å². The molecule has 0 aliphatic rings. The van der Waals surface area contributed by atoms with Crippen LogP contribution >= 0.6 is 23.2 Å². The summed E-state index contributed by atoms with van der Waals surface area (Å²) >= 11 is 12.0. The minimum atomic E-state index is -0.543. The number of nitrogens with zero attached hydrogens (tertiary/aromatic N) is 3. The predicted octanol–water partition coefficient (Wildman–Crippen LogP) is 3.44. The maximum absolute atomic E-state index is 13.8. The molecule has 3 rings (SSSR count). The summed E-state index contributed by atoms with van der Waals surface area (Å²) in [7, 11) is 1.71. The highest BCUT2D eigenvalue weighted by atomic mass is 35.5. The fourth-order valence-electron chi connectivity index (χ4n) is 2.03. The van der Waals surface area contributed by atoms with Crippen LogP contribution in [0.15, 0.2) is 30.7 Å². The number of hydrogen-bond donors (Lipinski definition) is 0. The van der Waals surface area contributed by atoms with E-state index in [-0.39, 0.29) is 15.6 Å². The van der Waals surface area contributed by atoms with Crippen LogP contribution in [0.25, 0.3) is 16.6 Å². The molecule has 2 aromatic heterocycles. The molecule has 0 bridgehead atoms. The third kappa shape index (κ3) is 2.13. The molecule has 0 saturated heterocycles. The highest BCUT2D eigenvalue weighted by molar-refractivity contribution is 6.37. The predicted molar refractivity (Wildman–Crippen MR) is 72.2 cm³/mol. The van der Waals surface area contributed by atoms with E-state index in [4.69, 9.17) is 23.2 Å². The standard InChI is InChI=1S/C13H8Cl2F2N3/c1-19-4-7-5-20(18-12(7)11(17)6-19)13-9(14)2-8(16)3-10(13)15/h2-6H,1H3/q+1. The smallest absolute Gasteiger partial charge is 0.214 e. The maximum atomic E-state index is 13.8. The first-order valence-corrected chi connectivity index (χ1v) is 6.40. The molecular formula is C13H8Cl2F2N3+. The van der Waals surface area contributed by atoms with Crippen molar-refractivity contribution in [1.29, 1.82) is 0 Å². The Balaban J connectivity index is 2.28. The first kappa shape index (κ1) is 13.3. The fraction of sp³-hybridized carbons (Fsp3) is 0.0769. The van der Waals surface area contributed by atoms with Gasteiger partial charge in [-0.15, -0.1) is 0 Å². The van der Waals surface area contributed by atoms with Crippen molar-refractivity contribution in [2.24, 2.45) is 7.05 Å². The van der Waals surface area contributed by atoms with Gasteiger partial charge in [0.1, 0.15) is 24.1 Å². The minimum Gasteiger partial charge on any atom is -0.236 e. The van der Waals surface area contributed by atoms with Crippen molar-refractivity contribution in [3.8, 4) is 5.69 Å². The second kappa shape index (κ2) is 4.68. The van der Waals surface area contributed by atoms with Crippen molar-refractivity contribution in [2.75, 3.05) is 0 Å². The summed E-state index contributed by atoms with van der Waals surface area (Å²) in [6, 6.07) is 2.26. The molecule has 0 fully saturated rings. The van der Waals surface area contributed by atoms with Crippen molar-refractivity contribution in [3.63, 3.8) is 0 Å². The summed E-state index contributed by atoms with van der Waals surface area (Å²) in [5.74, 6) is -1.00. The third-order valence-corrected chi connectivity index (χ3v) is 3.42. The molecule has 7 heteroatoms. The number of benzene rings is 1. The fourth-order valence-corrected chi connectivity index (χ4v) is 2.67. The number of hydrogen-bond acceptors (Lipinski definition) is 1. The number of halogens is 4. The molecule has 1 aromatic carbocycles. The zero-order valence-corrected chi connectivity index (χ0v) is 11.8. The SMILES string of the molecule is C[n+]1cc(F)c2nn(-c3c(Cl)cc(F)cc3Cl)cc2c1. The van der Waals surface area contributed by atoms with E-state index >= 15 is 0 Å². The monoisotopic (exact) mass is 314 g/mol.